The summed E-state index contributed by atoms with van der Waals surface area (Å²) in [4.78, 5) is 57.5. The molecule has 0 unspecified atom stereocenters. The minimum atomic E-state index is -0.601. The van der Waals surface area contributed by atoms with Crippen LogP contribution in [0.3, 0.4) is 0 Å². The maximum atomic E-state index is 12.3. The van der Waals surface area contributed by atoms with E-state index in [2.05, 4.69) is 18.4 Å². The molecule has 2 aliphatic carbocycles. The number of amides is 4. The van der Waals surface area contributed by atoms with Crippen LogP contribution in [0.25, 0.3) is 22.5 Å². The summed E-state index contributed by atoms with van der Waals surface area (Å²) in [5.41, 5.74) is 21.2. The Bertz CT molecular complexity index is 2940. The molecule has 10 rings (SSSR count). The van der Waals surface area contributed by atoms with E-state index in [0.29, 0.717) is 52.6 Å². The normalized spacial score (nSPS) is 16.9. The summed E-state index contributed by atoms with van der Waals surface area (Å²) >= 11 is 1.41. The van der Waals surface area contributed by atoms with Gasteiger partial charge in [0.25, 0.3) is 17.7 Å². The van der Waals surface area contributed by atoms with Crippen LogP contribution in [0.4, 0.5) is 5.82 Å². The fourth-order valence-corrected chi connectivity index (χ4v) is 11.5. The second-order valence-corrected chi connectivity index (χ2v) is 19.8. The van der Waals surface area contributed by atoms with Crippen LogP contribution < -0.4 is 26.7 Å². The van der Waals surface area contributed by atoms with Gasteiger partial charge >= 0.3 is 0 Å². The Morgan fingerprint density at radius 1 is 0.686 bits per heavy atom. The lowest BCUT2D eigenvalue weighted by Crippen LogP contribution is -2.49. The Morgan fingerprint density at radius 3 is 1.66 bits per heavy atom. The summed E-state index contributed by atoms with van der Waals surface area (Å²) in [6, 6.07) is 34.2. The number of thiazole rings is 1. The molecule has 6 aromatic rings. The quantitative estimate of drug-likeness (QED) is 0.0835. The van der Waals surface area contributed by atoms with Crippen molar-refractivity contribution in [3.63, 3.8) is 0 Å². The van der Waals surface area contributed by atoms with E-state index < -0.39 is 11.8 Å². The minimum absolute atomic E-state index is 0.0153. The first kappa shape index (κ1) is 47.4. The third-order valence-corrected chi connectivity index (χ3v) is 15.6. The van der Waals surface area contributed by atoms with Gasteiger partial charge in [-0.25, -0.2) is 9.67 Å². The van der Waals surface area contributed by atoms with Crippen LogP contribution in [0.15, 0.2) is 122 Å². The van der Waals surface area contributed by atoms with Crippen molar-refractivity contribution in [3.8, 4) is 57.4 Å². The second kappa shape index (κ2) is 20.1. The van der Waals surface area contributed by atoms with Crippen molar-refractivity contribution in [1.29, 1.82) is 0 Å². The molecule has 6 N–H and O–H groups in total. The van der Waals surface area contributed by atoms with Gasteiger partial charge in [0.2, 0.25) is 5.91 Å². The highest BCUT2D eigenvalue weighted by Gasteiger charge is 2.49. The van der Waals surface area contributed by atoms with Crippen molar-refractivity contribution in [2.75, 3.05) is 31.9 Å². The van der Waals surface area contributed by atoms with E-state index in [1.807, 2.05) is 119 Å². The lowest BCUT2D eigenvalue weighted by atomic mass is 9.57. The molecule has 2 aromatic heterocycles. The standard InChI is InChI=1S/C28H29N5O3.C27H27N3O3S/c1-2-6-23(34)32-15-13-28(14-16-32)17-20(18-28)33-26(29)24(27(30)35)25(31-33)19-9-11-22(12-10-19)36-21-7-4-3-5-8-21;1-2-22(31)30-14-12-27(13-15-30)16-19(17-27)26-29-23(24(34-26)25(28)32)18-8-10-21(11-9-18)33-20-6-4-3-5-7-20/h3-5,7-12,20H,13-18,29H2,1H3,(H2,30,35);2-11,19H,1,12-17H2,(H2,28,32). The minimum Gasteiger partial charge on any atom is -0.457 e. The largest absolute Gasteiger partial charge is 0.457 e. The zero-order valence-corrected chi connectivity index (χ0v) is 40.0. The smallest absolute Gasteiger partial charge is 0.298 e. The second-order valence-electron chi connectivity index (χ2n) is 18.8. The lowest BCUT2D eigenvalue weighted by Gasteiger charge is -2.52. The molecule has 4 aromatic carbocycles. The molecule has 2 spiro atoms. The van der Waals surface area contributed by atoms with Crippen molar-refractivity contribution >= 4 is 40.8 Å². The van der Waals surface area contributed by atoms with E-state index in [0.717, 1.165) is 92.1 Å². The fourth-order valence-electron chi connectivity index (χ4n) is 10.4. The number of ether oxygens (including phenoxy) is 2. The average molecular weight is 957 g/mol. The molecular formula is C55H56N8O6S. The predicted octanol–water partition coefficient (Wildman–Crippen LogP) is 9.36. The van der Waals surface area contributed by atoms with E-state index in [9.17, 15) is 19.2 Å². The van der Waals surface area contributed by atoms with E-state index >= 15 is 0 Å². The zero-order chi connectivity index (χ0) is 49.0. The molecule has 0 bridgehead atoms. The van der Waals surface area contributed by atoms with Crippen LogP contribution in [0.1, 0.15) is 95.3 Å². The number of aromatic nitrogens is 3. The van der Waals surface area contributed by atoms with Gasteiger partial charge < -0.3 is 36.5 Å². The zero-order valence-electron chi connectivity index (χ0n) is 39.1. The number of hydrogen-bond donors (Lipinski definition) is 3. The third kappa shape index (κ3) is 10.0. The van der Waals surface area contributed by atoms with Crippen LogP contribution >= 0.6 is 11.3 Å². The van der Waals surface area contributed by atoms with Crippen LogP contribution in [-0.2, 0) is 9.59 Å². The highest BCUT2D eigenvalue weighted by molar-refractivity contribution is 7.14. The van der Waals surface area contributed by atoms with E-state index in [1.165, 1.54) is 17.4 Å². The Balaban J connectivity index is 0.000000174. The number of hydrogen-bond acceptors (Lipinski definition) is 10. The molecule has 4 aliphatic rings. The number of benzene rings is 4. The Kier molecular flexibility index (Phi) is 13.6. The van der Waals surface area contributed by atoms with Crippen molar-refractivity contribution in [1.82, 2.24) is 24.6 Å². The summed E-state index contributed by atoms with van der Waals surface area (Å²) in [5.74, 6) is 7.70. The first-order valence-electron chi connectivity index (χ1n) is 23.6. The molecular weight excluding hydrogens is 901 g/mol. The lowest BCUT2D eigenvalue weighted by molar-refractivity contribution is -0.130. The van der Waals surface area contributed by atoms with Crippen LogP contribution in [-0.4, -0.2) is 74.4 Å². The molecule has 14 nitrogen and oxygen atoms in total. The molecule has 358 valence electrons. The number of piperidine rings is 2. The maximum absolute atomic E-state index is 12.3. The van der Waals surface area contributed by atoms with Gasteiger partial charge in [-0.05, 0) is 154 Å². The van der Waals surface area contributed by atoms with Gasteiger partial charge in [-0.15, -0.1) is 11.3 Å². The number of nitrogens with zero attached hydrogens (tertiary/aromatic N) is 5. The number of para-hydroxylation sites is 2. The number of likely N-dealkylation sites (tertiary alicyclic amines) is 2. The highest BCUT2D eigenvalue weighted by atomic mass is 32.1. The van der Waals surface area contributed by atoms with Gasteiger partial charge in [-0.1, -0.05) is 48.9 Å². The first-order chi connectivity index (χ1) is 33.8. The molecule has 4 fully saturated rings. The number of nitrogen functional groups attached to an aromatic ring is 1. The number of nitrogens with two attached hydrogens (primary N) is 3. The van der Waals surface area contributed by atoms with E-state index in [4.69, 9.17) is 36.8 Å². The molecule has 0 radical (unpaired) electrons. The van der Waals surface area contributed by atoms with Crippen LogP contribution in [0, 0.1) is 22.7 Å². The van der Waals surface area contributed by atoms with Gasteiger partial charge in [0.1, 0.15) is 45.0 Å². The van der Waals surface area contributed by atoms with Gasteiger partial charge in [0.05, 0.1) is 16.7 Å². The van der Waals surface area contributed by atoms with Crippen molar-refractivity contribution in [2.24, 2.45) is 22.3 Å². The molecule has 2 saturated carbocycles. The Hall–Kier alpha value is -7.70. The van der Waals surface area contributed by atoms with Gasteiger partial charge in [0.15, 0.2) is 0 Å². The number of anilines is 1. The highest BCUT2D eigenvalue weighted by Crippen LogP contribution is 2.58. The monoisotopic (exact) mass is 956 g/mol. The molecule has 15 heteroatoms. The van der Waals surface area contributed by atoms with Crippen molar-refractivity contribution in [3.05, 3.63) is 137 Å². The maximum Gasteiger partial charge on any atom is 0.298 e. The van der Waals surface area contributed by atoms with Crippen molar-refractivity contribution < 1.29 is 28.7 Å². The fraction of sp³-hybridized carbons (Fsp3) is 0.309. The number of rotatable bonds is 11. The summed E-state index contributed by atoms with van der Waals surface area (Å²) in [6.45, 7) is 8.25. The third-order valence-electron chi connectivity index (χ3n) is 14.3. The number of carbonyl (C=O) groups excluding carboxylic acids is 4. The SMILES string of the molecule is C=CC(=O)N1CCC2(CC1)CC(c1nc(-c3ccc(Oc4ccccc4)cc3)c(C(N)=O)s1)C2.CC#CC(=O)N1CCC2(CC1)CC(n1nc(-c3ccc(Oc4ccccc4)cc3)c(C(N)=O)c1N)C2. The number of carbonyl (C=O) groups is 4. The van der Waals surface area contributed by atoms with Crippen LogP contribution in [0.5, 0.6) is 23.0 Å². The Morgan fingerprint density at radius 2 is 1.17 bits per heavy atom. The Labute approximate surface area is 411 Å². The summed E-state index contributed by atoms with van der Waals surface area (Å²) < 4.78 is 13.5. The summed E-state index contributed by atoms with van der Waals surface area (Å²) in [7, 11) is 0. The average Bonchev–Trinajstić information content (AvgIpc) is 3.96. The summed E-state index contributed by atoms with van der Waals surface area (Å²) in [6.07, 6.45) is 9.16. The number of primary amides is 2. The molecule has 4 amide bonds. The molecule has 70 heavy (non-hydrogen) atoms. The first-order valence-corrected chi connectivity index (χ1v) is 24.4. The van der Waals surface area contributed by atoms with Gasteiger partial charge in [0, 0.05) is 43.2 Å². The predicted molar refractivity (Wildman–Crippen MR) is 270 cm³/mol. The molecule has 0 atom stereocenters. The summed E-state index contributed by atoms with van der Waals surface area (Å²) in [5, 5.41) is 5.73. The molecule has 2 aliphatic heterocycles. The molecule has 2 saturated heterocycles. The van der Waals surface area contributed by atoms with Gasteiger partial charge in [-0.2, -0.15) is 5.10 Å². The van der Waals surface area contributed by atoms with E-state index in [1.54, 1.807) is 11.6 Å². The molecule has 4 heterocycles. The topological polar surface area (TPSA) is 202 Å². The van der Waals surface area contributed by atoms with Crippen LogP contribution in [0.2, 0.25) is 0 Å². The van der Waals surface area contributed by atoms with Gasteiger partial charge in [-0.3, -0.25) is 19.2 Å². The van der Waals surface area contributed by atoms with Crippen molar-refractivity contribution in [2.45, 2.75) is 70.3 Å². The van der Waals surface area contributed by atoms with E-state index in [-0.39, 0.29) is 34.2 Å².